The molecule has 33 heavy (non-hydrogen) atoms. The van der Waals surface area contributed by atoms with E-state index in [0.717, 1.165) is 5.69 Å². The quantitative estimate of drug-likeness (QED) is 0.504. The molecule has 0 spiro atoms. The molecule has 170 valence electrons. The lowest BCUT2D eigenvalue weighted by molar-refractivity contribution is -0.0512. The smallest absolute Gasteiger partial charge is 0.387 e. The van der Waals surface area contributed by atoms with Crippen molar-refractivity contribution in [3.63, 3.8) is 0 Å². The number of rotatable bonds is 7. The average molecular weight is 453 g/mol. The number of para-hydroxylation sites is 1. The van der Waals surface area contributed by atoms with Gasteiger partial charge in [-0.15, -0.1) is 10.2 Å². The summed E-state index contributed by atoms with van der Waals surface area (Å²) >= 11 is 0. The SMILES string of the molecule is COc1ccc(C=C(C#N)c2nnc(N3CCOCC3)n2-c2ccccc2)cc1OC(F)F. The van der Waals surface area contributed by atoms with Gasteiger partial charge in [0, 0.05) is 13.1 Å². The number of alkyl halides is 2. The van der Waals surface area contributed by atoms with Crippen molar-refractivity contribution in [1.29, 1.82) is 5.26 Å². The highest BCUT2D eigenvalue weighted by Gasteiger charge is 2.23. The van der Waals surface area contributed by atoms with Gasteiger partial charge in [0.25, 0.3) is 0 Å². The van der Waals surface area contributed by atoms with Crippen molar-refractivity contribution in [2.24, 2.45) is 0 Å². The van der Waals surface area contributed by atoms with Crippen LogP contribution in [0.4, 0.5) is 14.7 Å². The molecule has 1 aliphatic heterocycles. The zero-order valence-electron chi connectivity index (χ0n) is 17.8. The first kappa shape index (κ1) is 22.2. The summed E-state index contributed by atoms with van der Waals surface area (Å²) in [4.78, 5) is 2.05. The normalized spacial score (nSPS) is 14.3. The number of hydrogen-bond acceptors (Lipinski definition) is 7. The fourth-order valence-corrected chi connectivity index (χ4v) is 3.52. The van der Waals surface area contributed by atoms with Crippen LogP contribution in [0, 0.1) is 11.3 Å². The number of hydrogen-bond donors (Lipinski definition) is 0. The van der Waals surface area contributed by atoms with E-state index < -0.39 is 6.61 Å². The molecule has 3 aromatic rings. The molecule has 1 fully saturated rings. The predicted molar refractivity (Wildman–Crippen MR) is 118 cm³/mol. The Bertz CT molecular complexity index is 1170. The van der Waals surface area contributed by atoms with Gasteiger partial charge in [0.1, 0.15) is 6.07 Å². The maximum atomic E-state index is 12.8. The van der Waals surface area contributed by atoms with Gasteiger partial charge in [-0.1, -0.05) is 24.3 Å². The first-order valence-electron chi connectivity index (χ1n) is 10.2. The summed E-state index contributed by atoms with van der Waals surface area (Å²) in [6, 6.07) is 16.1. The molecule has 0 radical (unpaired) electrons. The summed E-state index contributed by atoms with van der Waals surface area (Å²) in [6.07, 6.45) is 1.55. The number of allylic oxidation sites excluding steroid dienone is 1. The summed E-state index contributed by atoms with van der Waals surface area (Å²) in [5, 5.41) is 18.6. The molecule has 0 unspecified atom stereocenters. The molecule has 1 aliphatic rings. The second-order valence-electron chi connectivity index (χ2n) is 7.05. The number of morpholine rings is 1. The molecule has 10 heteroatoms. The highest BCUT2D eigenvalue weighted by molar-refractivity contribution is 5.88. The average Bonchev–Trinajstić information content (AvgIpc) is 3.28. The molecule has 0 aliphatic carbocycles. The van der Waals surface area contributed by atoms with Gasteiger partial charge in [0.05, 0.1) is 31.6 Å². The largest absolute Gasteiger partial charge is 0.493 e. The summed E-state index contributed by atoms with van der Waals surface area (Å²) in [5.74, 6) is 0.958. The van der Waals surface area contributed by atoms with Crippen molar-refractivity contribution in [2.45, 2.75) is 6.61 Å². The summed E-state index contributed by atoms with van der Waals surface area (Å²) in [6.45, 7) is -0.592. The molecule has 2 heterocycles. The number of methoxy groups -OCH3 is 1. The van der Waals surface area contributed by atoms with Crippen LogP contribution in [0.5, 0.6) is 11.5 Å². The molecule has 0 N–H and O–H groups in total. The highest BCUT2D eigenvalue weighted by atomic mass is 19.3. The highest BCUT2D eigenvalue weighted by Crippen LogP contribution is 2.32. The topological polar surface area (TPSA) is 85.4 Å². The van der Waals surface area contributed by atoms with E-state index in [1.54, 1.807) is 16.7 Å². The van der Waals surface area contributed by atoms with E-state index in [1.165, 1.54) is 19.2 Å². The van der Waals surface area contributed by atoms with Crippen LogP contribution in [-0.4, -0.2) is 54.8 Å². The van der Waals surface area contributed by atoms with E-state index in [-0.39, 0.29) is 17.1 Å². The van der Waals surface area contributed by atoms with Crippen molar-refractivity contribution < 1.29 is 23.0 Å². The lowest BCUT2D eigenvalue weighted by Gasteiger charge is -2.28. The van der Waals surface area contributed by atoms with Crippen LogP contribution in [-0.2, 0) is 4.74 Å². The molecule has 8 nitrogen and oxygen atoms in total. The molecule has 0 atom stereocenters. The Labute approximate surface area is 189 Å². The maximum Gasteiger partial charge on any atom is 0.387 e. The summed E-state index contributed by atoms with van der Waals surface area (Å²) in [7, 11) is 1.36. The van der Waals surface area contributed by atoms with Gasteiger partial charge in [0.15, 0.2) is 17.3 Å². The number of benzene rings is 2. The van der Waals surface area contributed by atoms with Crippen LogP contribution in [0.3, 0.4) is 0 Å². The van der Waals surface area contributed by atoms with E-state index in [2.05, 4.69) is 21.0 Å². The van der Waals surface area contributed by atoms with Gasteiger partial charge in [-0.2, -0.15) is 14.0 Å². The first-order valence-corrected chi connectivity index (χ1v) is 10.2. The Kier molecular flexibility index (Phi) is 6.80. The third kappa shape index (κ3) is 4.94. The summed E-state index contributed by atoms with van der Waals surface area (Å²) < 4.78 is 42.5. The van der Waals surface area contributed by atoms with Gasteiger partial charge >= 0.3 is 6.61 Å². The second kappa shape index (κ2) is 10.1. The molecule has 4 rings (SSSR count). The molecule has 2 aromatic carbocycles. The standard InChI is InChI=1S/C23H21F2N5O3/c1-31-19-8-7-16(14-20(19)33-22(24)25)13-17(15-26)21-27-28-23(29-9-11-32-12-10-29)30(21)18-5-3-2-4-6-18/h2-8,13-14,22H,9-12H2,1H3. The van der Waals surface area contributed by atoms with Crippen LogP contribution in [0.1, 0.15) is 11.4 Å². The van der Waals surface area contributed by atoms with Gasteiger partial charge in [-0.05, 0) is 35.9 Å². The zero-order valence-corrected chi connectivity index (χ0v) is 17.8. The van der Waals surface area contributed by atoms with Gasteiger partial charge in [-0.25, -0.2) is 0 Å². The minimum absolute atomic E-state index is 0.128. The van der Waals surface area contributed by atoms with Gasteiger partial charge in [-0.3, -0.25) is 4.57 Å². The van der Waals surface area contributed by atoms with Gasteiger partial charge in [0.2, 0.25) is 5.95 Å². The second-order valence-corrected chi connectivity index (χ2v) is 7.05. The van der Waals surface area contributed by atoms with Crippen molar-refractivity contribution in [3.8, 4) is 23.3 Å². The lowest BCUT2D eigenvalue weighted by Crippen LogP contribution is -2.38. The first-order chi connectivity index (χ1) is 16.1. The van der Waals surface area contributed by atoms with Crippen molar-refractivity contribution in [2.75, 3.05) is 38.3 Å². The number of nitrogens with zero attached hydrogens (tertiary/aromatic N) is 5. The molecular formula is C23H21F2N5O3. The Morgan fingerprint density at radius 3 is 2.55 bits per heavy atom. The van der Waals surface area contributed by atoms with Gasteiger partial charge < -0.3 is 19.1 Å². The molecule has 1 aromatic heterocycles. The number of aromatic nitrogens is 3. The van der Waals surface area contributed by atoms with Crippen molar-refractivity contribution in [3.05, 3.63) is 59.9 Å². The number of halogens is 2. The third-order valence-corrected chi connectivity index (χ3v) is 5.03. The van der Waals surface area contributed by atoms with Crippen LogP contribution in [0.25, 0.3) is 17.3 Å². The Morgan fingerprint density at radius 2 is 1.88 bits per heavy atom. The molecule has 0 bridgehead atoms. The molecular weight excluding hydrogens is 432 g/mol. The van der Waals surface area contributed by atoms with E-state index in [9.17, 15) is 14.0 Å². The minimum Gasteiger partial charge on any atom is -0.493 e. The monoisotopic (exact) mass is 453 g/mol. The lowest BCUT2D eigenvalue weighted by atomic mass is 10.1. The van der Waals surface area contributed by atoms with Crippen molar-refractivity contribution >= 4 is 17.6 Å². The predicted octanol–water partition coefficient (Wildman–Crippen LogP) is 3.78. The maximum absolute atomic E-state index is 12.8. The zero-order chi connectivity index (χ0) is 23.2. The number of nitriles is 1. The molecule has 0 amide bonds. The Hall–Kier alpha value is -3.97. The summed E-state index contributed by atoms with van der Waals surface area (Å²) in [5.41, 5.74) is 1.47. The Balaban J connectivity index is 1.79. The molecule has 1 saturated heterocycles. The fourth-order valence-electron chi connectivity index (χ4n) is 3.52. The van der Waals surface area contributed by atoms with E-state index >= 15 is 0 Å². The number of anilines is 1. The minimum atomic E-state index is -3.01. The fraction of sp³-hybridized carbons (Fsp3) is 0.261. The van der Waals surface area contributed by atoms with E-state index in [4.69, 9.17) is 9.47 Å². The van der Waals surface area contributed by atoms with Crippen LogP contribution < -0.4 is 14.4 Å². The number of ether oxygens (including phenoxy) is 3. The van der Waals surface area contributed by atoms with Crippen molar-refractivity contribution in [1.82, 2.24) is 14.8 Å². The van der Waals surface area contributed by atoms with Crippen LogP contribution in [0.15, 0.2) is 48.5 Å². The van der Waals surface area contributed by atoms with Crippen LogP contribution >= 0.6 is 0 Å². The molecule has 0 saturated carbocycles. The van der Waals surface area contributed by atoms with E-state index in [1.807, 2.05) is 35.2 Å². The van der Waals surface area contributed by atoms with Crippen LogP contribution in [0.2, 0.25) is 0 Å². The third-order valence-electron chi connectivity index (χ3n) is 5.03. The van der Waals surface area contributed by atoms with E-state index in [0.29, 0.717) is 43.6 Å². The Morgan fingerprint density at radius 1 is 1.12 bits per heavy atom.